The second-order valence-corrected chi connectivity index (χ2v) is 7.16. The molecular weight excluding hydrogens is 326 g/mol. The van der Waals surface area contributed by atoms with Crippen LogP contribution in [0, 0.1) is 0 Å². The van der Waals surface area contributed by atoms with Crippen LogP contribution < -0.4 is 0 Å². The molecular formula is C15H16ClNO4S. The van der Waals surface area contributed by atoms with E-state index in [-0.39, 0.29) is 18.2 Å². The number of aromatic nitrogens is 1. The molecule has 0 unspecified atom stereocenters. The molecule has 0 amide bonds. The predicted octanol–water partition coefficient (Wildman–Crippen LogP) is 2.09. The number of pyridine rings is 1. The van der Waals surface area contributed by atoms with E-state index in [0.717, 1.165) is 5.56 Å². The van der Waals surface area contributed by atoms with Crippen molar-refractivity contribution in [2.45, 2.75) is 17.7 Å². The lowest BCUT2D eigenvalue weighted by atomic mass is 10.2. The van der Waals surface area contributed by atoms with Crippen LogP contribution in [0.4, 0.5) is 0 Å². The minimum atomic E-state index is -3.62. The Morgan fingerprint density at radius 1 is 1.18 bits per heavy atom. The quantitative estimate of drug-likeness (QED) is 0.834. The molecule has 0 radical (unpaired) electrons. The number of benzene rings is 1. The molecule has 2 rings (SSSR count). The summed E-state index contributed by atoms with van der Waals surface area (Å²) in [5.74, 6) is -0.426. The summed E-state index contributed by atoms with van der Waals surface area (Å²) in [7, 11) is -3.62. The van der Waals surface area contributed by atoms with Gasteiger partial charge in [-0.15, -0.1) is 0 Å². The maximum absolute atomic E-state index is 12.0. The Kier molecular flexibility index (Phi) is 5.90. The van der Waals surface area contributed by atoms with Crippen molar-refractivity contribution in [2.75, 3.05) is 12.4 Å². The molecule has 1 aromatic carbocycles. The summed E-state index contributed by atoms with van der Waals surface area (Å²) in [4.78, 5) is 3.79. The summed E-state index contributed by atoms with van der Waals surface area (Å²) in [5.41, 5.74) is 0.893. The molecule has 1 aromatic heterocycles. The lowest BCUT2D eigenvalue weighted by Gasteiger charge is -2.11. The predicted molar refractivity (Wildman–Crippen MR) is 83.4 cm³/mol. The molecule has 0 aliphatic rings. The van der Waals surface area contributed by atoms with E-state index in [2.05, 4.69) is 4.98 Å². The second kappa shape index (κ2) is 7.69. The molecule has 0 aliphatic heterocycles. The largest absolute Gasteiger partial charge is 0.390 e. The number of ether oxygens (including phenoxy) is 1. The van der Waals surface area contributed by atoms with Crippen LogP contribution in [0.15, 0.2) is 53.7 Å². The van der Waals surface area contributed by atoms with Crippen LogP contribution in [-0.4, -0.2) is 37.0 Å². The lowest BCUT2D eigenvalue weighted by molar-refractivity contribution is 0.0390. The van der Waals surface area contributed by atoms with E-state index in [4.69, 9.17) is 16.3 Å². The molecule has 0 bridgehead atoms. The number of rotatable bonds is 7. The van der Waals surface area contributed by atoms with E-state index in [1.54, 1.807) is 36.4 Å². The van der Waals surface area contributed by atoms with Crippen molar-refractivity contribution in [1.29, 1.82) is 0 Å². The molecule has 118 valence electrons. The zero-order valence-electron chi connectivity index (χ0n) is 11.7. The van der Waals surface area contributed by atoms with Crippen LogP contribution in [0.1, 0.15) is 5.56 Å². The van der Waals surface area contributed by atoms with E-state index < -0.39 is 21.7 Å². The highest BCUT2D eigenvalue weighted by Crippen LogP contribution is 2.11. The molecule has 5 nitrogen and oxygen atoms in total. The highest BCUT2D eigenvalue weighted by Gasteiger charge is 2.20. The van der Waals surface area contributed by atoms with Gasteiger partial charge in [0.25, 0.3) is 0 Å². The summed E-state index contributed by atoms with van der Waals surface area (Å²) in [6.07, 6.45) is 0.287. The van der Waals surface area contributed by atoms with Crippen molar-refractivity contribution >= 4 is 21.4 Å². The summed E-state index contributed by atoms with van der Waals surface area (Å²) < 4.78 is 29.4. The van der Waals surface area contributed by atoms with Crippen LogP contribution in [0.25, 0.3) is 0 Å². The van der Waals surface area contributed by atoms with Crippen molar-refractivity contribution in [2.24, 2.45) is 0 Å². The highest BCUT2D eigenvalue weighted by atomic mass is 35.5. The second-order valence-electron chi connectivity index (χ2n) is 4.74. The number of hydrogen-bond acceptors (Lipinski definition) is 5. The first-order valence-electron chi connectivity index (χ1n) is 6.61. The van der Waals surface area contributed by atoms with Crippen molar-refractivity contribution < 1.29 is 18.3 Å². The first-order chi connectivity index (χ1) is 10.5. The van der Waals surface area contributed by atoms with Gasteiger partial charge in [0, 0.05) is 11.2 Å². The zero-order chi connectivity index (χ0) is 16.0. The fraction of sp³-hybridized carbons (Fsp3) is 0.267. The third-order valence-corrected chi connectivity index (χ3v) is 4.81. The van der Waals surface area contributed by atoms with E-state index in [1.165, 1.54) is 12.3 Å². The molecule has 2 aromatic rings. The molecule has 0 fully saturated rings. The summed E-state index contributed by atoms with van der Waals surface area (Å²) in [6.45, 7) is 0.201. The molecule has 22 heavy (non-hydrogen) atoms. The Morgan fingerprint density at radius 3 is 2.55 bits per heavy atom. The minimum absolute atomic E-state index is 0.0493. The molecule has 1 heterocycles. The molecule has 7 heteroatoms. The SMILES string of the molecule is O=S(=O)(C[C@H](O)COCc1ccc(Cl)cc1)c1ccccn1. The summed E-state index contributed by atoms with van der Waals surface area (Å²) in [6, 6.07) is 11.7. The van der Waals surface area contributed by atoms with Gasteiger partial charge in [-0.05, 0) is 29.8 Å². The van der Waals surface area contributed by atoms with Gasteiger partial charge < -0.3 is 9.84 Å². The van der Waals surface area contributed by atoms with Gasteiger partial charge in [0.05, 0.1) is 25.1 Å². The van der Waals surface area contributed by atoms with Gasteiger partial charge in [-0.2, -0.15) is 0 Å². The van der Waals surface area contributed by atoms with Gasteiger partial charge in [0.2, 0.25) is 0 Å². The summed E-state index contributed by atoms with van der Waals surface area (Å²) >= 11 is 5.77. The number of halogens is 1. The van der Waals surface area contributed by atoms with Crippen molar-refractivity contribution in [1.82, 2.24) is 4.98 Å². The van der Waals surface area contributed by atoms with E-state index in [1.807, 2.05) is 0 Å². The number of aliphatic hydroxyl groups is 1. The van der Waals surface area contributed by atoms with Crippen molar-refractivity contribution in [3.63, 3.8) is 0 Å². The van der Waals surface area contributed by atoms with Gasteiger partial charge in [-0.1, -0.05) is 29.8 Å². The number of nitrogens with zero attached hydrogens (tertiary/aromatic N) is 1. The maximum Gasteiger partial charge on any atom is 0.198 e. The topological polar surface area (TPSA) is 76.5 Å². The number of aliphatic hydroxyl groups excluding tert-OH is 1. The Bertz CT molecular complexity index is 689. The van der Waals surface area contributed by atoms with Crippen LogP contribution in [0.5, 0.6) is 0 Å². The smallest absolute Gasteiger partial charge is 0.198 e. The van der Waals surface area contributed by atoms with Crippen molar-refractivity contribution in [3.05, 3.63) is 59.2 Å². The Morgan fingerprint density at radius 2 is 1.91 bits per heavy atom. The number of hydrogen-bond donors (Lipinski definition) is 1. The van der Waals surface area contributed by atoms with Crippen LogP contribution >= 0.6 is 11.6 Å². The molecule has 1 N–H and O–H groups in total. The van der Waals surface area contributed by atoms with Gasteiger partial charge in [-0.3, -0.25) is 0 Å². The zero-order valence-corrected chi connectivity index (χ0v) is 13.3. The maximum atomic E-state index is 12.0. The normalized spacial score (nSPS) is 13.0. The first kappa shape index (κ1) is 16.9. The standard InChI is InChI=1S/C15H16ClNO4S/c16-13-6-4-12(5-7-13)9-21-10-14(18)11-22(19,20)15-3-1-2-8-17-15/h1-8,14,18H,9-11H2/t14-/m1/s1. The van der Waals surface area contributed by atoms with E-state index in [9.17, 15) is 13.5 Å². The summed E-state index contributed by atoms with van der Waals surface area (Å²) in [5, 5.41) is 10.4. The highest BCUT2D eigenvalue weighted by molar-refractivity contribution is 7.91. The van der Waals surface area contributed by atoms with Gasteiger partial charge in [0.1, 0.15) is 0 Å². The van der Waals surface area contributed by atoms with Gasteiger partial charge in [-0.25, -0.2) is 13.4 Å². The fourth-order valence-electron chi connectivity index (χ4n) is 1.81. The van der Waals surface area contributed by atoms with Crippen LogP contribution in [-0.2, 0) is 21.2 Å². The molecule has 0 saturated heterocycles. The van der Waals surface area contributed by atoms with Crippen LogP contribution in [0.2, 0.25) is 5.02 Å². The molecule has 1 atom stereocenters. The van der Waals surface area contributed by atoms with Crippen molar-refractivity contribution in [3.8, 4) is 0 Å². The monoisotopic (exact) mass is 341 g/mol. The fourth-order valence-corrected chi connectivity index (χ4v) is 3.22. The third-order valence-electron chi connectivity index (χ3n) is 2.86. The van der Waals surface area contributed by atoms with Crippen LogP contribution in [0.3, 0.4) is 0 Å². The molecule has 0 aliphatic carbocycles. The minimum Gasteiger partial charge on any atom is -0.390 e. The third kappa shape index (κ3) is 5.06. The first-order valence-corrected chi connectivity index (χ1v) is 8.64. The van der Waals surface area contributed by atoms with Gasteiger partial charge >= 0.3 is 0 Å². The Labute approximate surface area is 134 Å². The van der Waals surface area contributed by atoms with E-state index >= 15 is 0 Å². The number of sulfone groups is 1. The average molecular weight is 342 g/mol. The molecule has 0 saturated carbocycles. The average Bonchev–Trinajstić information content (AvgIpc) is 2.50. The Balaban J connectivity index is 1.83. The lowest BCUT2D eigenvalue weighted by Crippen LogP contribution is -2.26. The Hall–Kier alpha value is -1.47. The van der Waals surface area contributed by atoms with E-state index in [0.29, 0.717) is 5.02 Å². The van der Waals surface area contributed by atoms with Gasteiger partial charge in [0.15, 0.2) is 14.9 Å². The molecule has 0 spiro atoms.